The largest absolute Gasteiger partial charge is 0.493 e. The van der Waals surface area contributed by atoms with Gasteiger partial charge in [-0.15, -0.1) is 0 Å². The molecule has 0 spiro atoms. The van der Waals surface area contributed by atoms with Crippen molar-refractivity contribution < 1.29 is 18.9 Å². The zero-order valence-electron chi connectivity index (χ0n) is 18.9. The molecule has 1 fully saturated rings. The third-order valence-corrected chi connectivity index (χ3v) is 5.73. The fourth-order valence-electron chi connectivity index (χ4n) is 3.95. The summed E-state index contributed by atoms with van der Waals surface area (Å²) in [6.45, 7) is 4.24. The van der Waals surface area contributed by atoms with Crippen molar-refractivity contribution in [2.24, 2.45) is 0 Å². The number of nitrogen functional groups attached to an aromatic ring is 1. The van der Waals surface area contributed by atoms with E-state index in [-0.39, 0.29) is 0 Å². The van der Waals surface area contributed by atoms with Crippen LogP contribution in [-0.4, -0.2) is 69.5 Å². The van der Waals surface area contributed by atoms with Gasteiger partial charge in [-0.2, -0.15) is 4.98 Å². The Bertz CT molecular complexity index is 1100. The maximum Gasteiger partial charge on any atom is 0.227 e. The average molecular weight is 440 g/mol. The number of anilines is 2. The molecule has 0 radical (unpaired) electrons. The van der Waals surface area contributed by atoms with Crippen LogP contribution in [0.5, 0.6) is 23.0 Å². The van der Waals surface area contributed by atoms with E-state index in [1.165, 1.54) is 5.56 Å². The van der Waals surface area contributed by atoms with Crippen molar-refractivity contribution in [1.29, 1.82) is 0 Å². The average Bonchev–Trinajstić information content (AvgIpc) is 2.83. The van der Waals surface area contributed by atoms with Crippen LogP contribution < -0.4 is 29.6 Å². The molecular formula is C23H29N5O4. The van der Waals surface area contributed by atoms with Gasteiger partial charge in [-0.05, 0) is 23.8 Å². The van der Waals surface area contributed by atoms with E-state index in [1.54, 1.807) is 28.4 Å². The highest BCUT2D eigenvalue weighted by Gasteiger charge is 2.21. The fourth-order valence-corrected chi connectivity index (χ4v) is 3.95. The van der Waals surface area contributed by atoms with E-state index >= 15 is 0 Å². The third kappa shape index (κ3) is 4.29. The van der Waals surface area contributed by atoms with Gasteiger partial charge in [-0.1, -0.05) is 6.07 Å². The summed E-state index contributed by atoms with van der Waals surface area (Å²) >= 11 is 0. The van der Waals surface area contributed by atoms with Gasteiger partial charge in [0.1, 0.15) is 5.82 Å². The summed E-state index contributed by atoms with van der Waals surface area (Å²) in [5.74, 6) is 3.76. The molecule has 3 aromatic rings. The minimum absolute atomic E-state index is 0.429. The van der Waals surface area contributed by atoms with Crippen LogP contribution in [0, 0.1) is 0 Å². The second kappa shape index (κ2) is 9.35. The lowest BCUT2D eigenvalue weighted by Gasteiger charge is -2.35. The van der Waals surface area contributed by atoms with Crippen LogP contribution >= 0.6 is 0 Å². The Balaban J connectivity index is 1.47. The van der Waals surface area contributed by atoms with Crippen LogP contribution in [-0.2, 0) is 6.54 Å². The van der Waals surface area contributed by atoms with E-state index < -0.39 is 0 Å². The lowest BCUT2D eigenvalue weighted by Crippen LogP contribution is -2.46. The van der Waals surface area contributed by atoms with Crippen molar-refractivity contribution >= 4 is 22.7 Å². The molecule has 2 aromatic carbocycles. The maximum absolute atomic E-state index is 6.25. The highest BCUT2D eigenvalue weighted by molar-refractivity contribution is 5.91. The molecule has 0 saturated carbocycles. The topological polar surface area (TPSA) is 95.2 Å². The van der Waals surface area contributed by atoms with Gasteiger partial charge in [0.25, 0.3) is 0 Å². The summed E-state index contributed by atoms with van der Waals surface area (Å²) in [5, 5.41) is 0.749. The molecule has 9 heteroatoms. The van der Waals surface area contributed by atoms with E-state index in [2.05, 4.69) is 20.9 Å². The quantitative estimate of drug-likeness (QED) is 0.596. The molecule has 32 heavy (non-hydrogen) atoms. The van der Waals surface area contributed by atoms with Gasteiger partial charge < -0.3 is 29.6 Å². The van der Waals surface area contributed by atoms with Crippen molar-refractivity contribution in [1.82, 2.24) is 14.9 Å². The summed E-state index contributed by atoms with van der Waals surface area (Å²) in [4.78, 5) is 13.9. The molecule has 0 amide bonds. The van der Waals surface area contributed by atoms with Crippen LogP contribution in [0.25, 0.3) is 10.9 Å². The number of benzene rings is 2. The Morgan fingerprint density at radius 2 is 1.41 bits per heavy atom. The van der Waals surface area contributed by atoms with E-state index in [1.807, 2.05) is 24.3 Å². The summed E-state index contributed by atoms with van der Waals surface area (Å²) < 4.78 is 21.5. The molecule has 1 aliphatic heterocycles. The van der Waals surface area contributed by atoms with Crippen molar-refractivity contribution in [3.8, 4) is 23.0 Å². The van der Waals surface area contributed by atoms with Crippen LogP contribution in [0.2, 0.25) is 0 Å². The van der Waals surface area contributed by atoms with Crippen LogP contribution in [0.4, 0.5) is 11.8 Å². The van der Waals surface area contributed by atoms with E-state index in [0.29, 0.717) is 23.3 Å². The number of rotatable bonds is 7. The summed E-state index contributed by atoms with van der Waals surface area (Å²) in [5.41, 5.74) is 8.17. The predicted octanol–water partition coefficient (Wildman–Crippen LogP) is 2.57. The second-order valence-electron chi connectivity index (χ2n) is 7.59. The molecule has 2 heterocycles. The number of hydrogen-bond donors (Lipinski definition) is 1. The number of methoxy groups -OCH3 is 4. The van der Waals surface area contributed by atoms with Gasteiger partial charge in [0.2, 0.25) is 5.95 Å². The number of hydrogen-bond acceptors (Lipinski definition) is 9. The first-order valence-electron chi connectivity index (χ1n) is 10.4. The smallest absolute Gasteiger partial charge is 0.227 e. The van der Waals surface area contributed by atoms with E-state index in [9.17, 15) is 0 Å². The standard InChI is InChI=1S/C23H29N5O4/c1-29-18-6-5-15(11-19(18)30-2)14-27-7-9-28(10-8-27)23-25-17-13-21(32-4)20(31-3)12-16(17)22(24)26-23/h5-6,11-13H,7-10,14H2,1-4H3,(H2,24,25,26). The Hall–Kier alpha value is -3.46. The monoisotopic (exact) mass is 439 g/mol. The fraction of sp³-hybridized carbons (Fsp3) is 0.391. The zero-order chi connectivity index (χ0) is 22.7. The minimum atomic E-state index is 0.429. The highest BCUT2D eigenvalue weighted by Crippen LogP contribution is 2.34. The number of piperazine rings is 1. The summed E-state index contributed by atoms with van der Waals surface area (Å²) in [6, 6.07) is 9.69. The van der Waals surface area contributed by atoms with Crippen LogP contribution in [0.3, 0.4) is 0 Å². The van der Waals surface area contributed by atoms with Crippen molar-refractivity contribution in [2.75, 3.05) is 65.3 Å². The molecule has 1 aromatic heterocycles. The van der Waals surface area contributed by atoms with Gasteiger partial charge in [-0.25, -0.2) is 4.98 Å². The molecule has 0 aliphatic carbocycles. The predicted molar refractivity (Wildman–Crippen MR) is 124 cm³/mol. The van der Waals surface area contributed by atoms with Gasteiger partial charge >= 0.3 is 0 Å². The highest BCUT2D eigenvalue weighted by atomic mass is 16.5. The Labute approximate surface area is 187 Å². The lowest BCUT2D eigenvalue weighted by atomic mass is 10.1. The van der Waals surface area contributed by atoms with Crippen LogP contribution in [0.15, 0.2) is 30.3 Å². The number of nitrogens with zero attached hydrogens (tertiary/aromatic N) is 4. The molecule has 1 saturated heterocycles. The maximum atomic E-state index is 6.25. The van der Waals surface area contributed by atoms with Crippen molar-refractivity contribution in [2.45, 2.75) is 6.54 Å². The number of ether oxygens (including phenoxy) is 4. The van der Waals surface area contributed by atoms with Gasteiger partial charge in [0, 0.05) is 44.2 Å². The number of aromatic nitrogens is 2. The zero-order valence-corrected chi connectivity index (χ0v) is 18.9. The van der Waals surface area contributed by atoms with Gasteiger partial charge in [0.05, 0.1) is 34.0 Å². The molecule has 0 bridgehead atoms. The Morgan fingerprint density at radius 3 is 2.06 bits per heavy atom. The molecule has 170 valence electrons. The molecule has 9 nitrogen and oxygen atoms in total. The summed E-state index contributed by atoms with van der Waals surface area (Å²) in [6.07, 6.45) is 0. The Kier molecular flexibility index (Phi) is 6.36. The first-order chi connectivity index (χ1) is 15.6. The molecule has 2 N–H and O–H groups in total. The van der Waals surface area contributed by atoms with Gasteiger partial charge in [0.15, 0.2) is 23.0 Å². The SMILES string of the molecule is COc1ccc(CN2CCN(c3nc(N)c4cc(OC)c(OC)cc4n3)CC2)cc1OC. The Morgan fingerprint density at radius 1 is 0.781 bits per heavy atom. The normalized spacial score (nSPS) is 14.4. The lowest BCUT2D eigenvalue weighted by molar-refractivity contribution is 0.248. The number of nitrogens with two attached hydrogens (primary N) is 1. The third-order valence-electron chi connectivity index (χ3n) is 5.73. The first-order valence-corrected chi connectivity index (χ1v) is 10.4. The first kappa shape index (κ1) is 21.8. The molecule has 1 aliphatic rings. The second-order valence-corrected chi connectivity index (χ2v) is 7.59. The van der Waals surface area contributed by atoms with Crippen LogP contribution in [0.1, 0.15) is 5.56 Å². The molecule has 0 atom stereocenters. The molecule has 4 rings (SSSR count). The van der Waals surface area contributed by atoms with E-state index in [0.717, 1.165) is 55.1 Å². The van der Waals surface area contributed by atoms with Gasteiger partial charge in [-0.3, -0.25) is 4.90 Å². The summed E-state index contributed by atoms with van der Waals surface area (Å²) in [7, 11) is 6.50. The molecule has 0 unspecified atom stereocenters. The van der Waals surface area contributed by atoms with Crippen molar-refractivity contribution in [3.05, 3.63) is 35.9 Å². The minimum Gasteiger partial charge on any atom is -0.493 e. The molecular weight excluding hydrogens is 410 g/mol. The van der Waals surface area contributed by atoms with Crippen molar-refractivity contribution in [3.63, 3.8) is 0 Å². The van der Waals surface area contributed by atoms with E-state index in [4.69, 9.17) is 29.7 Å². The number of fused-ring (bicyclic) bond motifs is 1.